The van der Waals surface area contributed by atoms with Crippen molar-refractivity contribution in [2.24, 2.45) is 7.05 Å². The number of aromatic nitrogens is 1. The monoisotopic (exact) mass is 340 g/mol. The topological polar surface area (TPSA) is 54.3 Å². The van der Waals surface area contributed by atoms with Crippen LogP contribution in [0.25, 0.3) is 10.9 Å². The lowest BCUT2D eigenvalue weighted by atomic mass is 10.1. The Balaban J connectivity index is 1.53. The number of nitrogens with one attached hydrogen (secondary N) is 1. The molecule has 130 valence electrons. The highest BCUT2D eigenvalue weighted by molar-refractivity contribution is 5.81. The van der Waals surface area contributed by atoms with Gasteiger partial charge in [-0.05, 0) is 47.2 Å². The Morgan fingerprint density at radius 1 is 1.24 bits per heavy atom. The van der Waals surface area contributed by atoms with Crippen LogP contribution in [-0.2, 0) is 18.3 Å². The van der Waals surface area contributed by atoms with Crippen molar-refractivity contribution in [1.82, 2.24) is 9.88 Å². The first-order valence-electron chi connectivity index (χ1n) is 8.28. The Hall–Kier alpha value is -2.66. The smallest absolute Gasteiger partial charge is 0.220 e. The molecule has 1 aromatic heterocycles. The van der Waals surface area contributed by atoms with E-state index in [1.807, 2.05) is 42.1 Å². The highest BCUT2D eigenvalue weighted by atomic mass is 19.1. The molecule has 0 unspecified atom stereocenters. The first kappa shape index (κ1) is 17.2. The molecule has 3 rings (SSSR count). The van der Waals surface area contributed by atoms with Crippen LogP contribution in [0.3, 0.4) is 0 Å². The summed E-state index contributed by atoms with van der Waals surface area (Å²) < 4.78 is 15.5. The number of rotatable bonds is 6. The number of aliphatic hydroxyl groups excluding tert-OH is 1. The fraction of sp³-hybridized carbons (Fsp3) is 0.250. The molecule has 1 amide bonds. The van der Waals surface area contributed by atoms with Gasteiger partial charge in [0.2, 0.25) is 5.91 Å². The maximum Gasteiger partial charge on any atom is 0.220 e. The van der Waals surface area contributed by atoms with Crippen molar-refractivity contribution in [3.05, 3.63) is 71.7 Å². The number of fused-ring (bicyclic) bond motifs is 1. The molecule has 2 N–H and O–H groups in total. The van der Waals surface area contributed by atoms with Crippen molar-refractivity contribution in [2.45, 2.75) is 18.9 Å². The Kier molecular flexibility index (Phi) is 5.14. The zero-order chi connectivity index (χ0) is 17.8. The zero-order valence-electron chi connectivity index (χ0n) is 14.1. The fourth-order valence-corrected chi connectivity index (χ4v) is 2.87. The van der Waals surface area contributed by atoms with Crippen LogP contribution in [0, 0.1) is 5.82 Å². The summed E-state index contributed by atoms with van der Waals surface area (Å²) in [7, 11) is 1.97. The van der Waals surface area contributed by atoms with Gasteiger partial charge in [0.1, 0.15) is 5.82 Å². The van der Waals surface area contributed by atoms with E-state index in [1.165, 1.54) is 6.07 Å². The van der Waals surface area contributed by atoms with Crippen LogP contribution >= 0.6 is 0 Å². The molecule has 0 aliphatic heterocycles. The lowest BCUT2D eigenvalue weighted by Crippen LogP contribution is -2.28. The van der Waals surface area contributed by atoms with Gasteiger partial charge in [-0.3, -0.25) is 4.79 Å². The molecular formula is C20H21FN2O2. The number of halogens is 1. The van der Waals surface area contributed by atoms with E-state index in [-0.39, 0.29) is 24.7 Å². The van der Waals surface area contributed by atoms with Gasteiger partial charge >= 0.3 is 0 Å². The summed E-state index contributed by atoms with van der Waals surface area (Å²) in [4.78, 5) is 11.9. The number of amides is 1. The molecule has 1 atom stereocenters. The molecule has 0 spiro atoms. The van der Waals surface area contributed by atoms with Crippen molar-refractivity contribution < 1.29 is 14.3 Å². The summed E-state index contributed by atoms with van der Waals surface area (Å²) in [6.45, 7) is 0.133. The second-order valence-corrected chi connectivity index (χ2v) is 6.16. The molecule has 3 aromatic rings. The summed E-state index contributed by atoms with van der Waals surface area (Å²) in [6.07, 6.45) is 1.71. The molecule has 4 nitrogen and oxygen atoms in total. The third-order valence-electron chi connectivity index (χ3n) is 4.37. The van der Waals surface area contributed by atoms with E-state index < -0.39 is 6.10 Å². The second kappa shape index (κ2) is 7.49. The number of hydrogen-bond acceptors (Lipinski definition) is 2. The second-order valence-electron chi connectivity index (χ2n) is 6.16. The lowest BCUT2D eigenvalue weighted by molar-refractivity contribution is -0.121. The maximum atomic E-state index is 13.5. The normalized spacial score (nSPS) is 12.3. The summed E-state index contributed by atoms with van der Waals surface area (Å²) in [5.74, 6) is -0.505. The van der Waals surface area contributed by atoms with Gasteiger partial charge in [0.25, 0.3) is 0 Å². The van der Waals surface area contributed by atoms with Crippen LogP contribution in [0.15, 0.2) is 54.7 Å². The van der Waals surface area contributed by atoms with Crippen molar-refractivity contribution in [1.29, 1.82) is 0 Å². The fourth-order valence-electron chi connectivity index (χ4n) is 2.87. The predicted octanol–water partition coefficient (Wildman–Crippen LogP) is 3.10. The molecule has 0 saturated heterocycles. The van der Waals surface area contributed by atoms with Crippen molar-refractivity contribution in [2.75, 3.05) is 6.54 Å². The number of carbonyl (C=O) groups excluding carboxylic acids is 1. The van der Waals surface area contributed by atoms with E-state index >= 15 is 0 Å². The summed E-state index contributed by atoms with van der Waals surface area (Å²) in [5, 5.41) is 14.0. The molecule has 0 radical (unpaired) electrons. The third-order valence-corrected chi connectivity index (χ3v) is 4.37. The highest BCUT2D eigenvalue weighted by Gasteiger charge is 2.11. The molecule has 0 saturated carbocycles. The highest BCUT2D eigenvalue weighted by Crippen LogP contribution is 2.20. The summed E-state index contributed by atoms with van der Waals surface area (Å²) >= 11 is 0. The molecule has 1 heterocycles. The number of carbonyl (C=O) groups is 1. The third kappa shape index (κ3) is 4.06. The van der Waals surface area contributed by atoms with Gasteiger partial charge in [0.15, 0.2) is 0 Å². The van der Waals surface area contributed by atoms with Gasteiger partial charge in [-0.1, -0.05) is 24.3 Å². The Labute approximate surface area is 145 Å². The quantitative estimate of drug-likeness (QED) is 0.724. The van der Waals surface area contributed by atoms with E-state index in [4.69, 9.17) is 0 Å². The first-order chi connectivity index (χ1) is 12.0. The lowest BCUT2D eigenvalue weighted by Gasteiger charge is -2.13. The van der Waals surface area contributed by atoms with Crippen LogP contribution in [0.1, 0.15) is 23.7 Å². The Morgan fingerprint density at radius 3 is 2.84 bits per heavy atom. The van der Waals surface area contributed by atoms with Crippen molar-refractivity contribution >= 4 is 16.8 Å². The predicted molar refractivity (Wildman–Crippen MR) is 95.6 cm³/mol. The largest absolute Gasteiger partial charge is 0.387 e. The van der Waals surface area contributed by atoms with Crippen LogP contribution in [0.2, 0.25) is 0 Å². The van der Waals surface area contributed by atoms with Gasteiger partial charge in [0.05, 0.1) is 6.10 Å². The van der Waals surface area contributed by atoms with E-state index in [0.29, 0.717) is 12.0 Å². The molecule has 0 aliphatic carbocycles. The van der Waals surface area contributed by atoms with E-state index in [9.17, 15) is 14.3 Å². The van der Waals surface area contributed by atoms with Crippen LogP contribution < -0.4 is 5.32 Å². The number of aliphatic hydroxyl groups is 1. The molecule has 0 aliphatic rings. The van der Waals surface area contributed by atoms with E-state index in [1.54, 1.807) is 18.2 Å². The van der Waals surface area contributed by atoms with Gasteiger partial charge in [-0.25, -0.2) is 4.39 Å². The van der Waals surface area contributed by atoms with E-state index in [0.717, 1.165) is 16.5 Å². The molecule has 25 heavy (non-hydrogen) atoms. The van der Waals surface area contributed by atoms with Crippen molar-refractivity contribution in [3.8, 4) is 0 Å². The minimum atomic E-state index is -0.776. The van der Waals surface area contributed by atoms with Crippen LogP contribution in [0.4, 0.5) is 4.39 Å². The van der Waals surface area contributed by atoms with Crippen molar-refractivity contribution in [3.63, 3.8) is 0 Å². The van der Waals surface area contributed by atoms with Crippen LogP contribution in [0.5, 0.6) is 0 Å². The van der Waals surface area contributed by atoms with Gasteiger partial charge in [0, 0.05) is 31.7 Å². The number of aryl methyl sites for hydroxylation is 2. The maximum absolute atomic E-state index is 13.5. The molecule has 5 heteroatoms. The van der Waals surface area contributed by atoms with Crippen LogP contribution in [-0.4, -0.2) is 22.1 Å². The Bertz CT molecular complexity index is 888. The molecular weight excluding hydrogens is 319 g/mol. The van der Waals surface area contributed by atoms with E-state index in [2.05, 4.69) is 5.32 Å². The van der Waals surface area contributed by atoms with Gasteiger partial charge < -0.3 is 15.0 Å². The molecule has 0 fully saturated rings. The summed E-state index contributed by atoms with van der Waals surface area (Å²) in [5.41, 5.74) is 2.37. The number of nitrogens with zero attached hydrogens (tertiary/aromatic N) is 1. The zero-order valence-corrected chi connectivity index (χ0v) is 14.1. The average molecular weight is 340 g/mol. The minimum absolute atomic E-state index is 0.133. The molecule has 0 bridgehead atoms. The van der Waals surface area contributed by atoms with Gasteiger partial charge in [-0.2, -0.15) is 0 Å². The van der Waals surface area contributed by atoms with Gasteiger partial charge in [-0.15, -0.1) is 0 Å². The Morgan fingerprint density at radius 2 is 2.04 bits per heavy atom. The SMILES string of the molecule is Cn1ccc2cc([C@H](O)CNC(=O)CCc3ccccc3F)ccc21. The standard InChI is InChI=1S/C20H21FN2O2/c1-23-11-10-15-12-16(6-8-18(15)23)19(24)13-22-20(25)9-7-14-4-2-3-5-17(14)21/h2-6,8,10-12,19,24H,7,9,13H2,1H3,(H,22,25)/t19-/m1/s1. The number of benzene rings is 2. The average Bonchev–Trinajstić information content (AvgIpc) is 2.99. The number of hydrogen-bond donors (Lipinski definition) is 2. The minimum Gasteiger partial charge on any atom is -0.387 e. The molecule has 2 aromatic carbocycles. The summed E-state index contributed by atoms with van der Waals surface area (Å²) in [6, 6.07) is 14.2. The first-order valence-corrected chi connectivity index (χ1v) is 8.28.